The first-order valence-electron chi connectivity index (χ1n) is 6.04. The number of carbonyl (C=O) groups excluding carboxylic acids is 1. The van der Waals surface area contributed by atoms with Crippen molar-refractivity contribution in [1.29, 1.82) is 5.26 Å². The van der Waals surface area contributed by atoms with Gasteiger partial charge in [0.2, 0.25) is 0 Å². The van der Waals surface area contributed by atoms with Gasteiger partial charge in [0.15, 0.2) is 0 Å². The number of amides is 1. The summed E-state index contributed by atoms with van der Waals surface area (Å²) in [5.41, 5.74) is 6.86. The quantitative estimate of drug-likeness (QED) is 0.897. The van der Waals surface area contributed by atoms with Crippen LogP contribution < -0.4 is 11.1 Å². The van der Waals surface area contributed by atoms with Gasteiger partial charge in [0, 0.05) is 12.6 Å². The molecule has 1 amide bonds. The molecule has 110 valence electrons. The first kappa shape index (κ1) is 18.2. The maximum absolute atomic E-state index is 11.5. The monoisotopic (exact) mass is 297 g/mol. The molecule has 3 N–H and O–H groups in total. The number of halogens is 1. The number of ether oxygens (including phenoxy) is 1. The maximum atomic E-state index is 11.5. The lowest BCUT2D eigenvalue weighted by Gasteiger charge is -2.20. The van der Waals surface area contributed by atoms with Crippen molar-refractivity contribution in [2.45, 2.75) is 32.4 Å². The van der Waals surface area contributed by atoms with Crippen molar-refractivity contribution in [2.75, 3.05) is 6.54 Å². The van der Waals surface area contributed by atoms with E-state index in [1.165, 1.54) is 0 Å². The molecule has 1 aromatic carbocycles. The van der Waals surface area contributed by atoms with Crippen LogP contribution in [0.3, 0.4) is 0 Å². The van der Waals surface area contributed by atoms with Crippen molar-refractivity contribution in [2.24, 2.45) is 5.73 Å². The van der Waals surface area contributed by atoms with Crippen molar-refractivity contribution < 1.29 is 9.53 Å². The number of hydrogen-bond donors (Lipinski definition) is 2. The Labute approximate surface area is 125 Å². The summed E-state index contributed by atoms with van der Waals surface area (Å²) in [5, 5.41) is 11.3. The van der Waals surface area contributed by atoms with Crippen LogP contribution in [-0.4, -0.2) is 18.2 Å². The van der Waals surface area contributed by atoms with Crippen LogP contribution in [0.15, 0.2) is 24.3 Å². The molecule has 0 aliphatic heterocycles. The van der Waals surface area contributed by atoms with Crippen molar-refractivity contribution >= 4 is 18.5 Å². The molecule has 0 saturated heterocycles. The second kappa shape index (κ2) is 7.73. The van der Waals surface area contributed by atoms with E-state index in [9.17, 15) is 4.79 Å². The first-order chi connectivity index (χ1) is 8.81. The molecule has 0 heterocycles. The summed E-state index contributed by atoms with van der Waals surface area (Å²) in [7, 11) is 0. The molecule has 0 aromatic heterocycles. The van der Waals surface area contributed by atoms with Crippen LogP contribution in [0.4, 0.5) is 4.79 Å². The molecule has 6 heteroatoms. The fourth-order valence-electron chi connectivity index (χ4n) is 1.43. The normalized spacial score (nSPS) is 11.8. The lowest BCUT2D eigenvalue weighted by molar-refractivity contribution is 0.0524. The lowest BCUT2D eigenvalue weighted by atomic mass is 10.1. The highest BCUT2D eigenvalue weighted by Crippen LogP contribution is 2.11. The van der Waals surface area contributed by atoms with Gasteiger partial charge in [0.1, 0.15) is 5.60 Å². The first-order valence-corrected chi connectivity index (χ1v) is 6.04. The highest BCUT2D eigenvalue weighted by molar-refractivity contribution is 5.85. The van der Waals surface area contributed by atoms with Gasteiger partial charge in [0.25, 0.3) is 0 Å². The molecule has 5 nitrogen and oxygen atoms in total. The molecule has 0 saturated carbocycles. The number of carbonyl (C=O) groups is 1. The fraction of sp³-hybridized carbons (Fsp3) is 0.429. The molecule has 0 aliphatic carbocycles. The number of benzene rings is 1. The molecule has 1 unspecified atom stereocenters. The van der Waals surface area contributed by atoms with Gasteiger partial charge in [-0.1, -0.05) is 12.1 Å². The van der Waals surface area contributed by atoms with Crippen LogP contribution in [0.25, 0.3) is 0 Å². The van der Waals surface area contributed by atoms with Gasteiger partial charge in [-0.3, -0.25) is 0 Å². The van der Waals surface area contributed by atoms with Crippen LogP contribution in [0.2, 0.25) is 0 Å². The SMILES string of the molecule is CC(C)(C)OC(=O)NCC(N)c1ccc(C#N)cc1.Cl. The third-order valence-electron chi connectivity index (χ3n) is 2.33. The maximum Gasteiger partial charge on any atom is 0.407 e. The molecule has 0 bridgehead atoms. The molecular weight excluding hydrogens is 278 g/mol. The molecular formula is C14H20ClN3O2. The Hall–Kier alpha value is -1.77. The zero-order valence-electron chi connectivity index (χ0n) is 11.8. The van der Waals surface area contributed by atoms with Gasteiger partial charge in [-0.2, -0.15) is 5.26 Å². The predicted molar refractivity (Wildman–Crippen MR) is 79.6 cm³/mol. The van der Waals surface area contributed by atoms with E-state index in [2.05, 4.69) is 5.32 Å². The van der Waals surface area contributed by atoms with Gasteiger partial charge in [0.05, 0.1) is 11.6 Å². The van der Waals surface area contributed by atoms with Crippen LogP contribution >= 0.6 is 12.4 Å². The zero-order valence-corrected chi connectivity index (χ0v) is 12.7. The van der Waals surface area contributed by atoms with Crippen LogP contribution in [0, 0.1) is 11.3 Å². The van der Waals surface area contributed by atoms with E-state index in [0.717, 1.165) is 5.56 Å². The Kier molecular flexibility index (Phi) is 7.05. The Morgan fingerprint density at radius 2 is 1.95 bits per heavy atom. The van der Waals surface area contributed by atoms with Gasteiger partial charge in [-0.25, -0.2) is 4.79 Å². The number of alkyl carbamates (subject to hydrolysis) is 1. The zero-order chi connectivity index (χ0) is 14.5. The Balaban J connectivity index is 0.00000361. The number of nitrogens with two attached hydrogens (primary N) is 1. The number of nitriles is 1. The fourth-order valence-corrected chi connectivity index (χ4v) is 1.43. The number of nitrogens with zero attached hydrogens (tertiary/aromatic N) is 1. The van der Waals surface area contributed by atoms with E-state index in [1.807, 2.05) is 6.07 Å². The minimum absolute atomic E-state index is 0. The highest BCUT2D eigenvalue weighted by atomic mass is 35.5. The molecule has 0 radical (unpaired) electrons. The van der Waals surface area contributed by atoms with Crippen molar-refractivity contribution in [3.05, 3.63) is 35.4 Å². The highest BCUT2D eigenvalue weighted by Gasteiger charge is 2.16. The molecule has 0 fully saturated rings. The van der Waals surface area contributed by atoms with E-state index in [4.69, 9.17) is 15.7 Å². The number of nitrogens with one attached hydrogen (secondary N) is 1. The van der Waals surface area contributed by atoms with Gasteiger partial charge >= 0.3 is 6.09 Å². The third kappa shape index (κ3) is 6.41. The summed E-state index contributed by atoms with van der Waals surface area (Å²) in [5.74, 6) is 0. The van der Waals surface area contributed by atoms with Crippen LogP contribution in [-0.2, 0) is 4.74 Å². The summed E-state index contributed by atoms with van der Waals surface area (Å²) in [6, 6.07) is 8.66. The number of hydrogen-bond acceptors (Lipinski definition) is 4. The van der Waals surface area contributed by atoms with Crippen molar-refractivity contribution in [3.8, 4) is 6.07 Å². The molecule has 1 rings (SSSR count). The molecule has 0 aliphatic rings. The van der Waals surface area contributed by atoms with Crippen LogP contribution in [0.5, 0.6) is 0 Å². The largest absolute Gasteiger partial charge is 0.444 e. The third-order valence-corrected chi connectivity index (χ3v) is 2.33. The van der Waals surface area contributed by atoms with E-state index in [0.29, 0.717) is 5.56 Å². The molecule has 1 atom stereocenters. The van der Waals surface area contributed by atoms with E-state index < -0.39 is 11.7 Å². The summed E-state index contributed by atoms with van der Waals surface area (Å²) < 4.78 is 5.11. The van der Waals surface area contributed by atoms with Crippen molar-refractivity contribution in [3.63, 3.8) is 0 Å². The molecule has 1 aromatic rings. The summed E-state index contributed by atoms with van der Waals surface area (Å²) in [6.45, 7) is 5.67. The van der Waals surface area contributed by atoms with E-state index in [1.54, 1.807) is 45.0 Å². The minimum Gasteiger partial charge on any atom is -0.444 e. The number of rotatable bonds is 3. The Morgan fingerprint density at radius 1 is 1.40 bits per heavy atom. The molecule has 0 spiro atoms. The topological polar surface area (TPSA) is 88.1 Å². The lowest BCUT2D eigenvalue weighted by Crippen LogP contribution is -2.36. The predicted octanol–water partition coefficient (Wildman–Crippen LogP) is 2.50. The average Bonchev–Trinajstić information content (AvgIpc) is 2.34. The summed E-state index contributed by atoms with van der Waals surface area (Å²) in [4.78, 5) is 11.5. The van der Waals surface area contributed by atoms with E-state index >= 15 is 0 Å². The minimum atomic E-state index is -0.525. The van der Waals surface area contributed by atoms with Gasteiger partial charge < -0.3 is 15.8 Å². The average molecular weight is 298 g/mol. The standard InChI is InChI=1S/C14H19N3O2.ClH/c1-14(2,3)19-13(18)17-9-12(16)11-6-4-10(8-15)5-7-11;/h4-7,12H,9,16H2,1-3H3,(H,17,18);1H. The summed E-state index contributed by atoms with van der Waals surface area (Å²) >= 11 is 0. The van der Waals surface area contributed by atoms with Crippen LogP contribution in [0.1, 0.15) is 37.9 Å². The Morgan fingerprint density at radius 3 is 2.40 bits per heavy atom. The van der Waals surface area contributed by atoms with Crippen molar-refractivity contribution in [1.82, 2.24) is 5.32 Å². The van der Waals surface area contributed by atoms with Gasteiger partial charge in [-0.15, -0.1) is 12.4 Å². The second-order valence-corrected chi connectivity index (χ2v) is 5.22. The summed E-state index contributed by atoms with van der Waals surface area (Å²) in [6.07, 6.45) is -0.489. The smallest absolute Gasteiger partial charge is 0.407 e. The second-order valence-electron chi connectivity index (χ2n) is 5.22. The Bertz CT molecular complexity index is 475. The van der Waals surface area contributed by atoms with E-state index in [-0.39, 0.29) is 25.0 Å². The van der Waals surface area contributed by atoms with Gasteiger partial charge in [-0.05, 0) is 38.5 Å². The molecule has 20 heavy (non-hydrogen) atoms.